The van der Waals surface area contributed by atoms with Crippen LogP contribution in [0.1, 0.15) is 35.1 Å². The molecule has 1 aromatic heterocycles. The third-order valence-electron chi connectivity index (χ3n) is 6.91. The topological polar surface area (TPSA) is 80.6 Å². The van der Waals surface area contributed by atoms with Crippen molar-refractivity contribution >= 4 is 23.0 Å². The number of carbonyl (C=O) groups excluding carboxylic acids is 1. The first kappa shape index (κ1) is 22.7. The predicted molar refractivity (Wildman–Crippen MR) is 136 cm³/mol. The van der Waals surface area contributed by atoms with E-state index < -0.39 is 18.1 Å². The minimum Gasteiger partial charge on any atom is -0.480 e. The number of nitrogens with one attached hydrogen (secondary N) is 1. The maximum atomic E-state index is 12.7. The van der Waals surface area contributed by atoms with Gasteiger partial charge in [0.1, 0.15) is 12.6 Å². The summed E-state index contributed by atoms with van der Waals surface area (Å²) in [5, 5.41) is 13.4. The Hall–Kier alpha value is -4.06. The molecule has 4 aromatic rings. The van der Waals surface area contributed by atoms with Gasteiger partial charge in [-0.25, -0.2) is 9.59 Å². The maximum Gasteiger partial charge on any atom is 0.407 e. The summed E-state index contributed by atoms with van der Waals surface area (Å²) in [5.41, 5.74) is 7.68. The number of benzene rings is 3. The Morgan fingerprint density at radius 2 is 1.63 bits per heavy atom. The number of alkyl carbamates (subject to hydrolysis) is 1. The van der Waals surface area contributed by atoms with E-state index in [9.17, 15) is 14.7 Å². The molecule has 0 fully saturated rings. The van der Waals surface area contributed by atoms with Gasteiger partial charge in [0.05, 0.1) is 5.52 Å². The zero-order chi connectivity index (χ0) is 24.5. The van der Waals surface area contributed by atoms with Crippen molar-refractivity contribution in [3.05, 3.63) is 95.2 Å². The van der Waals surface area contributed by atoms with Gasteiger partial charge in [-0.1, -0.05) is 73.7 Å². The van der Waals surface area contributed by atoms with Crippen LogP contribution in [0.4, 0.5) is 4.79 Å². The first-order valence-electron chi connectivity index (χ1n) is 11.9. The fourth-order valence-corrected chi connectivity index (χ4v) is 5.29. The number of hydrogen-bond donors (Lipinski definition) is 2. The Labute approximate surface area is 204 Å². The Kier molecular flexibility index (Phi) is 6.03. The van der Waals surface area contributed by atoms with E-state index in [1.54, 1.807) is 0 Å². The molecule has 1 amide bonds. The van der Waals surface area contributed by atoms with Crippen molar-refractivity contribution in [2.24, 2.45) is 7.05 Å². The zero-order valence-electron chi connectivity index (χ0n) is 19.8. The summed E-state index contributed by atoms with van der Waals surface area (Å²) in [6.07, 6.45) is 2.27. The van der Waals surface area contributed by atoms with Gasteiger partial charge in [-0.05, 0) is 39.8 Å². The van der Waals surface area contributed by atoms with Crippen LogP contribution < -0.4 is 5.32 Å². The molecular formula is C29H28N2O4. The van der Waals surface area contributed by atoms with Crippen LogP contribution in [-0.4, -0.2) is 34.4 Å². The van der Waals surface area contributed by atoms with E-state index in [2.05, 4.69) is 30.4 Å². The number of carbonyl (C=O) groups is 2. The molecule has 0 saturated heterocycles. The monoisotopic (exact) mass is 468 g/mol. The fourth-order valence-electron chi connectivity index (χ4n) is 5.29. The molecule has 6 nitrogen and oxygen atoms in total. The molecule has 0 saturated carbocycles. The number of aryl methyl sites for hydroxylation is 2. The van der Waals surface area contributed by atoms with Gasteiger partial charge >= 0.3 is 12.1 Å². The average molecular weight is 469 g/mol. The van der Waals surface area contributed by atoms with Crippen molar-refractivity contribution in [1.82, 2.24) is 9.88 Å². The molecule has 0 radical (unpaired) electrons. The van der Waals surface area contributed by atoms with Crippen LogP contribution in [0.2, 0.25) is 0 Å². The molecule has 1 atom stereocenters. The molecule has 0 spiro atoms. The minimum absolute atomic E-state index is 0.0815. The largest absolute Gasteiger partial charge is 0.480 e. The van der Waals surface area contributed by atoms with Crippen molar-refractivity contribution in [1.29, 1.82) is 0 Å². The Morgan fingerprint density at radius 1 is 0.971 bits per heavy atom. The highest BCUT2D eigenvalue weighted by Gasteiger charge is 2.30. The third-order valence-corrected chi connectivity index (χ3v) is 6.91. The number of carboxylic acid groups (broad SMARTS) is 1. The molecule has 0 bridgehead atoms. The van der Waals surface area contributed by atoms with Crippen LogP contribution in [0.15, 0.2) is 72.9 Å². The first-order valence-corrected chi connectivity index (χ1v) is 11.9. The third kappa shape index (κ3) is 4.16. The lowest BCUT2D eigenvalue weighted by atomic mass is 9.98. The summed E-state index contributed by atoms with van der Waals surface area (Å²) in [7, 11) is 1.96. The van der Waals surface area contributed by atoms with E-state index in [1.807, 2.05) is 66.3 Å². The number of nitrogens with zero attached hydrogens (tertiary/aromatic N) is 1. The standard InChI is InChI=1S/C29H28N2O4/c1-3-18-9-8-14-20-19(16-31(2)27(18)20)15-26(28(32)33)30-29(34)35-17-25-23-12-6-4-10-21(23)22-11-5-7-13-24(22)25/h4-14,16,25-26H,3,15,17H2,1-2H3,(H,30,34)(H,32,33). The second kappa shape index (κ2) is 9.29. The molecule has 35 heavy (non-hydrogen) atoms. The number of aliphatic carboxylic acids is 1. The summed E-state index contributed by atoms with van der Waals surface area (Å²) in [4.78, 5) is 24.7. The van der Waals surface area contributed by atoms with Crippen LogP contribution in [0.3, 0.4) is 0 Å². The highest BCUT2D eigenvalue weighted by Crippen LogP contribution is 2.44. The number of carboxylic acids is 1. The lowest BCUT2D eigenvalue weighted by Crippen LogP contribution is -2.42. The maximum absolute atomic E-state index is 12.7. The number of ether oxygens (including phenoxy) is 1. The van der Waals surface area contributed by atoms with Gasteiger partial charge in [-0.3, -0.25) is 0 Å². The summed E-state index contributed by atoms with van der Waals surface area (Å²) in [6.45, 7) is 2.24. The lowest BCUT2D eigenvalue weighted by molar-refractivity contribution is -0.139. The fraction of sp³-hybridized carbons (Fsp3) is 0.241. The van der Waals surface area contributed by atoms with Gasteiger partial charge in [-0.15, -0.1) is 0 Å². The number of para-hydroxylation sites is 1. The normalized spacial score (nSPS) is 13.3. The van der Waals surface area contributed by atoms with Crippen LogP contribution in [0.25, 0.3) is 22.0 Å². The van der Waals surface area contributed by atoms with Gasteiger partial charge in [0.15, 0.2) is 0 Å². The number of hydrogen-bond acceptors (Lipinski definition) is 3. The molecule has 1 aliphatic carbocycles. The average Bonchev–Trinajstić information content (AvgIpc) is 3.36. The molecule has 178 valence electrons. The van der Waals surface area contributed by atoms with Crippen molar-refractivity contribution in [3.63, 3.8) is 0 Å². The van der Waals surface area contributed by atoms with E-state index in [4.69, 9.17) is 4.74 Å². The predicted octanol–water partition coefficient (Wildman–Crippen LogP) is 5.28. The quantitative estimate of drug-likeness (QED) is 0.387. The van der Waals surface area contributed by atoms with Crippen LogP contribution in [0.5, 0.6) is 0 Å². The number of amides is 1. The van der Waals surface area contributed by atoms with E-state index >= 15 is 0 Å². The number of fused-ring (bicyclic) bond motifs is 4. The van der Waals surface area contributed by atoms with Crippen LogP contribution >= 0.6 is 0 Å². The van der Waals surface area contributed by atoms with Crippen molar-refractivity contribution in [3.8, 4) is 11.1 Å². The molecule has 1 heterocycles. The van der Waals surface area contributed by atoms with Crippen LogP contribution in [-0.2, 0) is 29.4 Å². The smallest absolute Gasteiger partial charge is 0.407 e. The molecule has 2 N–H and O–H groups in total. The molecule has 1 unspecified atom stereocenters. The summed E-state index contributed by atoms with van der Waals surface area (Å²) < 4.78 is 7.59. The lowest BCUT2D eigenvalue weighted by Gasteiger charge is -2.17. The molecule has 5 rings (SSSR count). The molecule has 6 heteroatoms. The Bertz CT molecular complexity index is 1380. The van der Waals surface area contributed by atoms with Gasteiger partial charge in [0.2, 0.25) is 0 Å². The highest BCUT2D eigenvalue weighted by molar-refractivity contribution is 5.88. The molecule has 3 aromatic carbocycles. The van der Waals surface area contributed by atoms with Gasteiger partial charge < -0.3 is 19.7 Å². The van der Waals surface area contributed by atoms with E-state index in [-0.39, 0.29) is 18.9 Å². The first-order chi connectivity index (χ1) is 17.0. The Morgan fingerprint density at radius 3 is 2.26 bits per heavy atom. The number of rotatable bonds is 7. The van der Waals surface area contributed by atoms with E-state index in [0.29, 0.717) is 0 Å². The van der Waals surface area contributed by atoms with Crippen molar-refractivity contribution < 1.29 is 19.4 Å². The van der Waals surface area contributed by atoms with Crippen molar-refractivity contribution in [2.75, 3.05) is 6.61 Å². The Balaban J connectivity index is 1.31. The highest BCUT2D eigenvalue weighted by atomic mass is 16.5. The summed E-state index contributed by atoms with van der Waals surface area (Å²) in [5.74, 6) is -1.18. The minimum atomic E-state index is -1.10. The number of aromatic nitrogens is 1. The summed E-state index contributed by atoms with van der Waals surface area (Å²) >= 11 is 0. The van der Waals surface area contributed by atoms with Crippen molar-refractivity contribution in [2.45, 2.75) is 31.7 Å². The molecule has 0 aliphatic heterocycles. The molecular weight excluding hydrogens is 440 g/mol. The van der Waals surface area contributed by atoms with Gasteiger partial charge in [-0.2, -0.15) is 0 Å². The van der Waals surface area contributed by atoms with Crippen LogP contribution in [0, 0.1) is 0 Å². The summed E-state index contributed by atoms with van der Waals surface area (Å²) in [6, 6.07) is 21.2. The van der Waals surface area contributed by atoms with Gasteiger partial charge in [0.25, 0.3) is 0 Å². The SMILES string of the molecule is CCc1cccc2c(CC(NC(=O)OCC3c4ccccc4-c4ccccc43)C(=O)O)cn(C)c12. The van der Waals surface area contributed by atoms with E-state index in [0.717, 1.165) is 45.1 Å². The zero-order valence-corrected chi connectivity index (χ0v) is 19.8. The molecule has 1 aliphatic rings. The second-order valence-corrected chi connectivity index (χ2v) is 9.00. The van der Waals surface area contributed by atoms with E-state index in [1.165, 1.54) is 5.56 Å². The second-order valence-electron chi connectivity index (χ2n) is 9.00. The van der Waals surface area contributed by atoms with Gasteiger partial charge in [0, 0.05) is 31.0 Å².